The van der Waals surface area contributed by atoms with Crippen molar-refractivity contribution < 1.29 is 9.53 Å². The number of hydrogen-bond donors (Lipinski definition) is 0. The quantitative estimate of drug-likeness (QED) is 0.440. The van der Waals surface area contributed by atoms with Crippen molar-refractivity contribution in [2.45, 2.75) is 33.9 Å². The number of aryl methyl sites for hydroxylation is 2. The van der Waals surface area contributed by atoms with Crippen LogP contribution in [0.25, 0.3) is 10.2 Å². The number of fused-ring (bicyclic) bond motifs is 1. The van der Waals surface area contributed by atoms with Gasteiger partial charge in [0.2, 0.25) is 0 Å². The molecule has 7 nitrogen and oxygen atoms in total. The molecule has 4 rings (SSSR count). The minimum atomic E-state index is -0.201. The number of rotatable bonds is 7. The number of ether oxygens (including phenoxy) is 1. The Morgan fingerprint density at radius 2 is 2.07 bits per heavy atom. The zero-order valence-corrected chi connectivity index (χ0v) is 18.0. The summed E-state index contributed by atoms with van der Waals surface area (Å²) in [7, 11) is 0. The Bertz CT molecular complexity index is 1170. The lowest BCUT2D eigenvalue weighted by molar-refractivity contribution is 0.0979. The van der Waals surface area contributed by atoms with Gasteiger partial charge in [-0.2, -0.15) is 5.10 Å². The first kappa shape index (κ1) is 20.0. The Hall–Kier alpha value is -3.26. The second-order valence-electron chi connectivity index (χ2n) is 6.73. The number of amides is 1. The van der Waals surface area contributed by atoms with E-state index in [2.05, 4.69) is 10.1 Å². The van der Waals surface area contributed by atoms with Gasteiger partial charge in [-0.15, -0.1) is 0 Å². The second kappa shape index (κ2) is 8.62. The molecule has 0 aliphatic heterocycles. The van der Waals surface area contributed by atoms with Crippen LogP contribution in [0.3, 0.4) is 0 Å². The van der Waals surface area contributed by atoms with Crippen LogP contribution in [-0.4, -0.2) is 32.3 Å². The zero-order valence-electron chi connectivity index (χ0n) is 17.2. The molecule has 0 spiro atoms. The maximum absolute atomic E-state index is 13.5. The summed E-state index contributed by atoms with van der Waals surface area (Å²) < 4.78 is 8.50. The molecule has 3 heterocycles. The number of carbonyl (C=O) groups is 1. The maximum atomic E-state index is 13.5. The number of nitrogens with zero attached hydrogens (tertiary/aromatic N) is 5. The third-order valence-corrected chi connectivity index (χ3v) is 5.74. The molecule has 0 radical (unpaired) electrons. The van der Waals surface area contributed by atoms with E-state index in [1.54, 1.807) is 11.1 Å². The Labute approximate surface area is 179 Å². The smallest absolute Gasteiger partial charge is 0.280 e. The average Bonchev–Trinajstić information content (AvgIpc) is 3.36. The lowest BCUT2D eigenvalue weighted by atomic mass is 10.3. The van der Waals surface area contributed by atoms with Gasteiger partial charge in [0.1, 0.15) is 11.3 Å². The topological polar surface area (TPSA) is 73.1 Å². The molecule has 0 atom stereocenters. The summed E-state index contributed by atoms with van der Waals surface area (Å²) in [6.07, 6.45) is 1.72. The van der Waals surface area contributed by atoms with E-state index in [4.69, 9.17) is 9.72 Å². The molecule has 0 fully saturated rings. The van der Waals surface area contributed by atoms with E-state index in [0.717, 1.165) is 21.6 Å². The highest BCUT2D eigenvalue weighted by atomic mass is 32.1. The Balaban J connectivity index is 1.77. The Morgan fingerprint density at radius 3 is 2.77 bits per heavy atom. The first-order valence-electron chi connectivity index (χ1n) is 9.89. The highest BCUT2D eigenvalue weighted by molar-refractivity contribution is 7.22. The molecule has 4 aromatic rings. The van der Waals surface area contributed by atoms with Gasteiger partial charge in [-0.1, -0.05) is 23.5 Å². The number of aromatic nitrogens is 4. The number of hydrogen-bond acceptors (Lipinski definition) is 6. The fourth-order valence-corrected chi connectivity index (χ4v) is 4.23. The predicted octanol–water partition coefficient (Wildman–Crippen LogP) is 4.46. The fourth-order valence-electron chi connectivity index (χ4n) is 3.25. The van der Waals surface area contributed by atoms with Crippen LogP contribution in [0.15, 0.2) is 48.7 Å². The highest BCUT2D eigenvalue weighted by Gasteiger charge is 2.25. The fraction of sp³-hybridized carbons (Fsp3) is 0.273. The van der Waals surface area contributed by atoms with Gasteiger partial charge in [0, 0.05) is 18.4 Å². The SMILES string of the molecule is CCOc1cccc2sc(N(Cc3ccccn3)C(=O)c3cc(C)n(CC)n3)nc12. The van der Waals surface area contributed by atoms with Crippen LogP contribution in [0.2, 0.25) is 0 Å². The van der Waals surface area contributed by atoms with E-state index in [1.807, 2.05) is 67.9 Å². The van der Waals surface area contributed by atoms with E-state index >= 15 is 0 Å². The van der Waals surface area contributed by atoms with Crippen LogP contribution >= 0.6 is 11.3 Å². The van der Waals surface area contributed by atoms with Gasteiger partial charge in [0.15, 0.2) is 10.8 Å². The van der Waals surface area contributed by atoms with Gasteiger partial charge >= 0.3 is 0 Å². The van der Waals surface area contributed by atoms with Gasteiger partial charge in [0.05, 0.1) is 23.5 Å². The third-order valence-electron chi connectivity index (χ3n) is 4.69. The summed E-state index contributed by atoms with van der Waals surface area (Å²) in [5.74, 6) is 0.516. The van der Waals surface area contributed by atoms with Crippen molar-refractivity contribution in [3.8, 4) is 5.75 Å². The molecule has 0 aliphatic rings. The minimum absolute atomic E-state index is 0.201. The van der Waals surface area contributed by atoms with E-state index in [9.17, 15) is 4.79 Å². The van der Waals surface area contributed by atoms with Gasteiger partial charge < -0.3 is 4.74 Å². The van der Waals surface area contributed by atoms with Crippen molar-refractivity contribution in [1.82, 2.24) is 19.7 Å². The van der Waals surface area contributed by atoms with Gasteiger partial charge in [-0.25, -0.2) is 4.98 Å². The first-order valence-corrected chi connectivity index (χ1v) is 10.7. The molecule has 0 saturated carbocycles. The molecule has 0 unspecified atom stereocenters. The van der Waals surface area contributed by atoms with Crippen molar-refractivity contribution in [2.75, 3.05) is 11.5 Å². The molecule has 3 aromatic heterocycles. The van der Waals surface area contributed by atoms with Gasteiger partial charge in [-0.05, 0) is 51.1 Å². The van der Waals surface area contributed by atoms with Crippen LogP contribution in [0.5, 0.6) is 5.75 Å². The average molecular weight is 422 g/mol. The Kier molecular flexibility index (Phi) is 5.76. The summed E-state index contributed by atoms with van der Waals surface area (Å²) in [5.41, 5.74) is 2.88. The predicted molar refractivity (Wildman–Crippen MR) is 118 cm³/mol. The van der Waals surface area contributed by atoms with E-state index < -0.39 is 0 Å². The van der Waals surface area contributed by atoms with Crippen molar-refractivity contribution >= 4 is 32.6 Å². The number of para-hydroxylation sites is 1. The number of anilines is 1. The lowest BCUT2D eigenvalue weighted by Gasteiger charge is -2.18. The van der Waals surface area contributed by atoms with Gasteiger partial charge in [-0.3, -0.25) is 19.4 Å². The largest absolute Gasteiger partial charge is 0.492 e. The first-order chi connectivity index (χ1) is 14.6. The van der Waals surface area contributed by atoms with Crippen LogP contribution in [0.1, 0.15) is 35.7 Å². The molecular weight excluding hydrogens is 398 g/mol. The minimum Gasteiger partial charge on any atom is -0.492 e. The maximum Gasteiger partial charge on any atom is 0.280 e. The lowest BCUT2D eigenvalue weighted by Crippen LogP contribution is -2.31. The molecule has 30 heavy (non-hydrogen) atoms. The summed E-state index contributed by atoms with van der Waals surface area (Å²) in [4.78, 5) is 24.3. The zero-order chi connectivity index (χ0) is 21.1. The summed E-state index contributed by atoms with van der Waals surface area (Å²) in [5, 5.41) is 5.07. The second-order valence-corrected chi connectivity index (χ2v) is 7.74. The van der Waals surface area contributed by atoms with Crippen LogP contribution in [-0.2, 0) is 13.1 Å². The Morgan fingerprint density at radius 1 is 1.20 bits per heavy atom. The van der Waals surface area contributed by atoms with Gasteiger partial charge in [0.25, 0.3) is 5.91 Å². The van der Waals surface area contributed by atoms with E-state index in [-0.39, 0.29) is 5.91 Å². The molecule has 1 amide bonds. The summed E-state index contributed by atoms with van der Waals surface area (Å²) >= 11 is 1.46. The number of pyridine rings is 1. The van der Waals surface area contributed by atoms with Crippen molar-refractivity contribution in [3.05, 3.63) is 65.7 Å². The standard InChI is InChI=1S/C22H23N5O2S/c1-4-27-15(3)13-17(25-27)21(28)26(14-16-9-6-7-12-23-16)22-24-20-18(29-5-2)10-8-11-19(20)30-22/h6-13H,4-5,14H2,1-3H3. The molecule has 0 N–H and O–H groups in total. The molecule has 0 bridgehead atoms. The third kappa shape index (κ3) is 3.91. The summed E-state index contributed by atoms with van der Waals surface area (Å²) in [6.45, 7) is 7.45. The highest BCUT2D eigenvalue weighted by Crippen LogP contribution is 2.35. The normalized spacial score (nSPS) is 11.0. The molecule has 8 heteroatoms. The van der Waals surface area contributed by atoms with Crippen molar-refractivity contribution in [1.29, 1.82) is 0 Å². The molecule has 154 valence electrons. The number of carbonyl (C=O) groups excluding carboxylic acids is 1. The monoisotopic (exact) mass is 421 g/mol. The number of thiazole rings is 1. The van der Waals surface area contributed by atoms with Crippen LogP contribution < -0.4 is 9.64 Å². The summed E-state index contributed by atoms with van der Waals surface area (Å²) in [6, 6.07) is 13.3. The molecule has 1 aromatic carbocycles. The number of benzene rings is 1. The molecule has 0 aliphatic carbocycles. The van der Waals surface area contributed by atoms with Crippen LogP contribution in [0, 0.1) is 6.92 Å². The van der Waals surface area contributed by atoms with Crippen LogP contribution in [0.4, 0.5) is 5.13 Å². The van der Waals surface area contributed by atoms with E-state index in [0.29, 0.717) is 36.3 Å². The van der Waals surface area contributed by atoms with E-state index in [1.165, 1.54) is 11.3 Å². The van der Waals surface area contributed by atoms with Crippen molar-refractivity contribution in [3.63, 3.8) is 0 Å². The van der Waals surface area contributed by atoms with Crippen molar-refractivity contribution in [2.24, 2.45) is 0 Å². The molecular formula is C22H23N5O2S. The molecule has 0 saturated heterocycles.